The number of cyclic esters (lactones) is 1. The predicted molar refractivity (Wildman–Crippen MR) is 79.8 cm³/mol. The number of aliphatic hydroxyl groups is 1. The highest BCUT2D eigenvalue weighted by molar-refractivity contribution is 5.84. The van der Waals surface area contributed by atoms with Crippen molar-refractivity contribution in [2.45, 2.75) is 25.4 Å². The van der Waals surface area contributed by atoms with E-state index in [1.807, 2.05) is 12.1 Å². The molecule has 2 aromatic carbocycles. The third-order valence-corrected chi connectivity index (χ3v) is 5.09. The van der Waals surface area contributed by atoms with Crippen LogP contribution >= 0.6 is 0 Å². The van der Waals surface area contributed by atoms with Crippen molar-refractivity contribution in [1.29, 1.82) is 0 Å². The van der Waals surface area contributed by atoms with Crippen LogP contribution in [-0.2, 0) is 16.0 Å². The van der Waals surface area contributed by atoms with Crippen LogP contribution in [0.15, 0.2) is 42.5 Å². The van der Waals surface area contributed by atoms with E-state index in [-0.39, 0.29) is 18.0 Å². The molecule has 2 unspecified atom stereocenters. The molecule has 3 nitrogen and oxygen atoms in total. The highest BCUT2D eigenvalue weighted by Crippen LogP contribution is 2.50. The van der Waals surface area contributed by atoms with E-state index >= 15 is 0 Å². The van der Waals surface area contributed by atoms with Gasteiger partial charge in [-0.3, -0.25) is 4.79 Å². The van der Waals surface area contributed by atoms with Gasteiger partial charge in [-0.05, 0) is 35.6 Å². The third kappa shape index (κ3) is 1.95. The molecule has 3 heteroatoms. The van der Waals surface area contributed by atoms with E-state index < -0.39 is 5.41 Å². The minimum absolute atomic E-state index is 0.128. The van der Waals surface area contributed by atoms with E-state index in [1.165, 1.54) is 10.8 Å². The van der Waals surface area contributed by atoms with Crippen molar-refractivity contribution in [2.75, 3.05) is 6.61 Å². The smallest absolute Gasteiger partial charge is 0.312 e. The van der Waals surface area contributed by atoms with E-state index in [0.29, 0.717) is 25.9 Å². The summed E-state index contributed by atoms with van der Waals surface area (Å²) in [4.78, 5) is 12.3. The van der Waals surface area contributed by atoms with Crippen LogP contribution in [0.3, 0.4) is 0 Å². The number of hydrogen-bond acceptors (Lipinski definition) is 3. The first-order valence-electron chi connectivity index (χ1n) is 7.50. The van der Waals surface area contributed by atoms with Crippen molar-refractivity contribution < 1.29 is 14.6 Å². The third-order valence-electron chi connectivity index (χ3n) is 5.09. The number of aliphatic hydroxyl groups excluding tert-OH is 1. The zero-order valence-corrected chi connectivity index (χ0v) is 11.8. The topological polar surface area (TPSA) is 46.5 Å². The van der Waals surface area contributed by atoms with Gasteiger partial charge in [0.05, 0.1) is 18.1 Å². The number of fused-ring (bicyclic) bond motifs is 2. The monoisotopic (exact) mass is 282 g/mol. The van der Waals surface area contributed by atoms with Crippen LogP contribution in [0.25, 0.3) is 10.8 Å². The number of esters is 1. The number of ether oxygens (including phenoxy) is 1. The predicted octanol–water partition coefficient (Wildman–Crippen LogP) is 2.70. The van der Waals surface area contributed by atoms with Gasteiger partial charge in [-0.2, -0.15) is 0 Å². The molecule has 0 spiro atoms. The standard InChI is InChI=1S/C18H18O3/c19-16-8-15-11-21-17(20)18(15,10-16)9-12-5-6-13-3-1-2-4-14(13)7-12/h1-7,15-16,19H,8-11H2/t15?,16?,18-/m0/s1. The summed E-state index contributed by atoms with van der Waals surface area (Å²) in [6, 6.07) is 14.6. The molecule has 2 aliphatic rings. The van der Waals surface area contributed by atoms with Gasteiger partial charge >= 0.3 is 5.97 Å². The first kappa shape index (κ1) is 12.8. The molecule has 0 aromatic heterocycles. The summed E-state index contributed by atoms with van der Waals surface area (Å²) in [6.07, 6.45) is 1.50. The Hall–Kier alpha value is -1.87. The highest BCUT2D eigenvalue weighted by Gasteiger charge is 2.57. The summed E-state index contributed by atoms with van der Waals surface area (Å²) in [5.41, 5.74) is 0.633. The normalized spacial score (nSPS) is 31.4. The second kappa shape index (κ2) is 4.57. The number of benzene rings is 2. The van der Waals surface area contributed by atoms with E-state index in [9.17, 15) is 9.90 Å². The van der Waals surface area contributed by atoms with Crippen molar-refractivity contribution >= 4 is 16.7 Å². The molecule has 4 rings (SSSR count). The molecule has 1 N–H and O–H groups in total. The molecule has 1 saturated heterocycles. The van der Waals surface area contributed by atoms with Crippen molar-refractivity contribution in [3.05, 3.63) is 48.0 Å². The quantitative estimate of drug-likeness (QED) is 0.861. The van der Waals surface area contributed by atoms with Crippen LogP contribution in [0, 0.1) is 11.3 Å². The molecular weight excluding hydrogens is 264 g/mol. The molecule has 0 amide bonds. The Bertz CT molecular complexity index is 708. The van der Waals surface area contributed by atoms with Crippen LogP contribution in [0.1, 0.15) is 18.4 Å². The second-order valence-corrected chi connectivity index (χ2v) is 6.40. The molecule has 3 atom stereocenters. The number of carbonyl (C=O) groups excluding carboxylic acids is 1. The van der Waals surface area contributed by atoms with Gasteiger partial charge in [0.1, 0.15) is 0 Å². The van der Waals surface area contributed by atoms with Gasteiger partial charge < -0.3 is 9.84 Å². The Morgan fingerprint density at radius 1 is 1.19 bits per heavy atom. The molecular formula is C18H18O3. The first-order chi connectivity index (χ1) is 10.2. The van der Waals surface area contributed by atoms with Gasteiger partial charge in [0.15, 0.2) is 0 Å². The van der Waals surface area contributed by atoms with E-state index in [2.05, 4.69) is 30.3 Å². The van der Waals surface area contributed by atoms with Gasteiger partial charge in [0.2, 0.25) is 0 Å². The van der Waals surface area contributed by atoms with Crippen molar-refractivity contribution in [3.63, 3.8) is 0 Å². The van der Waals surface area contributed by atoms with Crippen molar-refractivity contribution in [1.82, 2.24) is 0 Å². The van der Waals surface area contributed by atoms with Gasteiger partial charge in [-0.1, -0.05) is 42.5 Å². The molecule has 0 bridgehead atoms. The maximum Gasteiger partial charge on any atom is 0.312 e. The summed E-state index contributed by atoms with van der Waals surface area (Å²) >= 11 is 0. The van der Waals surface area contributed by atoms with Crippen LogP contribution < -0.4 is 0 Å². The Morgan fingerprint density at radius 2 is 2.00 bits per heavy atom. The lowest BCUT2D eigenvalue weighted by atomic mass is 9.75. The largest absolute Gasteiger partial charge is 0.465 e. The molecule has 1 heterocycles. The van der Waals surface area contributed by atoms with Crippen LogP contribution in [0.2, 0.25) is 0 Å². The lowest BCUT2D eigenvalue weighted by molar-refractivity contribution is -0.147. The summed E-state index contributed by atoms with van der Waals surface area (Å²) < 4.78 is 5.28. The number of carbonyl (C=O) groups is 1. The zero-order chi connectivity index (χ0) is 14.4. The van der Waals surface area contributed by atoms with E-state index in [4.69, 9.17) is 4.74 Å². The molecule has 21 heavy (non-hydrogen) atoms. The van der Waals surface area contributed by atoms with Crippen LogP contribution in [-0.4, -0.2) is 23.8 Å². The lowest BCUT2D eigenvalue weighted by Crippen LogP contribution is -2.32. The minimum Gasteiger partial charge on any atom is -0.465 e. The minimum atomic E-state index is -0.512. The fourth-order valence-electron chi connectivity index (χ4n) is 4.02. The molecule has 0 radical (unpaired) electrons. The maximum atomic E-state index is 12.3. The summed E-state index contributed by atoms with van der Waals surface area (Å²) in [7, 11) is 0. The molecule has 1 aliphatic heterocycles. The van der Waals surface area contributed by atoms with Crippen molar-refractivity contribution in [2.24, 2.45) is 11.3 Å². The average Bonchev–Trinajstić information content (AvgIpc) is 2.94. The van der Waals surface area contributed by atoms with Gasteiger partial charge in [0, 0.05) is 5.92 Å². The van der Waals surface area contributed by atoms with Gasteiger partial charge in [-0.15, -0.1) is 0 Å². The number of hydrogen-bond donors (Lipinski definition) is 1. The second-order valence-electron chi connectivity index (χ2n) is 6.40. The van der Waals surface area contributed by atoms with Crippen LogP contribution in [0.5, 0.6) is 0 Å². The molecule has 2 fully saturated rings. The Kier molecular flexibility index (Phi) is 2.79. The highest BCUT2D eigenvalue weighted by atomic mass is 16.5. The summed E-state index contributed by atoms with van der Waals surface area (Å²) in [5.74, 6) is 0.0312. The fraction of sp³-hybridized carbons (Fsp3) is 0.389. The maximum absolute atomic E-state index is 12.3. The van der Waals surface area contributed by atoms with E-state index in [1.54, 1.807) is 0 Å². The molecule has 1 aliphatic carbocycles. The SMILES string of the molecule is O=C1OCC2CC(O)C[C@]12Cc1ccc2ccccc2c1. The molecule has 2 aromatic rings. The summed E-state index contributed by atoms with van der Waals surface area (Å²) in [6.45, 7) is 0.462. The summed E-state index contributed by atoms with van der Waals surface area (Å²) in [5, 5.41) is 12.4. The average molecular weight is 282 g/mol. The Morgan fingerprint density at radius 3 is 2.86 bits per heavy atom. The van der Waals surface area contributed by atoms with Gasteiger partial charge in [0.25, 0.3) is 0 Å². The molecule has 1 saturated carbocycles. The Labute approximate surface area is 123 Å². The Balaban J connectivity index is 1.71. The molecule has 108 valence electrons. The van der Waals surface area contributed by atoms with E-state index in [0.717, 1.165) is 5.56 Å². The van der Waals surface area contributed by atoms with Crippen LogP contribution in [0.4, 0.5) is 0 Å². The first-order valence-corrected chi connectivity index (χ1v) is 7.50. The zero-order valence-electron chi connectivity index (χ0n) is 11.8. The van der Waals surface area contributed by atoms with Crippen molar-refractivity contribution in [3.8, 4) is 0 Å². The fourth-order valence-corrected chi connectivity index (χ4v) is 4.02. The lowest BCUT2D eigenvalue weighted by Gasteiger charge is -2.24. The number of rotatable bonds is 2. The van der Waals surface area contributed by atoms with Gasteiger partial charge in [-0.25, -0.2) is 0 Å².